The highest BCUT2D eigenvalue weighted by Crippen LogP contribution is 2.11. The van der Waals surface area contributed by atoms with Gasteiger partial charge in [0.1, 0.15) is 11.8 Å². The summed E-state index contributed by atoms with van der Waals surface area (Å²) in [5.74, 6) is -0.784. The van der Waals surface area contributed by atoms with E-state index >= 15 is 0 Å². The summed E-state index contributed by atoms with van der Waals surface area (Å²) in [6.45, 7) is -0.153. The lowest BCUT2D eigenvalue weighted by atomic mass is 10.1. The molecule has 3 aromatic rings. The molecule has 170 valence electrons. The minimum atomic E-state index is -0.936. The number of methoxy groups -OCH3 is 1. The highest BCUT2D eigenvalue weighted by atomic mass is 16.5. The molecule has 3 rings (SSSR count). The number of nitrogens with one attached hydrogen (secondary N) is 2. The van der Waals surface area contributed by atoms with E-state index in [0.717, 1.165) is 16.9 Å². The van der Waals surface area contributed by atoms with E-state index in [-0.39, 0.29) is 6.42 Å². The molecule has 7 nitrogen and oxygen atoms in total. The first-order valence-electron chi connectivity index (χ1n) is 10.5. The molecule has 0 saturated heterocycles. The average Bonchev–Trinajstić information content (AvgIpc) is 2.87. The van der Waals surface area contributed by atoms with Gasteiger partial charge in [-0.05, 0) is 35.4 Å². The van der Waals surface area contributed by atoms with Gasteiger partial charge in [-0.3, -0.25) is 9.59 Å². The molecule has 0 aromatic heterocycles. The first-order valence-corrected chi connectivity index (χ1v) is 10.5. The second kappa shape index (κ2) is 12.0. The van der Waals surface area contributed by atoms with Crippen LogP contribution in [0.5, 0.6) is 5.75 Å². The summed E-state index contributed by atoms with van der Waals surface area (Å²) in [6, 6.07) is 24.2. The third kappa shape index (κ3) is 7.50. The predicted molar refractivity (Wildman–Crippen MR) is 124 cm³/mol. The summed E-state index contributed by atoms with van der Waals surface area (Å²) in [6.07, 6.45) is 0.242. The van der Waals surface area contributed by atoms with Crippen LogP contribution in [0, 0.1) is 0 Å². The second-order valence-corrected chi connectivity index (χ2v) is 7.31. The molecule has 0 saturated carbocycles. The first kappa shape index (κ1) is 23.5. The molecule has 2 N–H and O–H groups in total. The SMILES string of the molecule is COc1ccc(CNC(=O)COC(=O)[C@@H](Cc2ccccc2)NC(=O)c2ccccc2)cc1. The van der Waals surface area contributed by atoms with Gasteiger partial charge in [0, 0.05) is 18.5 Å². The Morgan fingerprint density at radius 2 is 1.45 bits per heavy atom. The average molecular weight is 447 g/mol. The van der Waals surface area contributed by atoms with E-state index in [4.69, 9.17) is 9.47 Å². The Morgan fingerprint density at radius 3 is 2.09 bits per heavy atom. The maximum atomic E-state index is 12.7. The molecule has 0 spiro atoms. The molecule has 7 heteroatoms. The van der Waals surface area contributed by atoms with Crippen molar-refractivity contribution in [2.45, 2.75) is 19.0 Å². The van der Waals surface area contributed by atoms with E-state index in [9.17, 15) is 14.4 Å². The van der Waals surface area contributed by atoms with Crippen molar-refractivity contribution in [2.24, 2.45) is 0 Å². The Bertz CT molecular complexity index is 1050. The Labute approximate surface area is 192 Å². The Balaban J connectivity index is 1.56. The topological polar surface area (TPSA) is 93.7 Å². The normalized spacial score (nSPS) is 11.2. The van der Waals surface area contributed by atoms with Gasteiger partial charge in [0.2, 0.25) is 0 Å². The molecule has 0 aliphatic rings. The number of ether oxygens (including phenoxy) is 2. The fourth-order valence-corrected chi connectivity index (χ4v) is 3.11. The fraction of sp³-hybridized carbons (Fsp3) is 0.192. The van der Waals surface area contributed by atoms with E-state index < -0.39 is 30.4 Å². The van der Waals surface area contributed by atoms with Gasteiger partial charge in [-0.1, -0.05) is 60.7 Å². The zero-order valence-electron chi connectivity index (χ0n) is 18.3. The molecule has 0 heterocycles. The standard InChI is InChI=1S/C26H26N2O5/c1-32-22-14-12-20(13-15-22)17-27-24(29)18-33-26(31)23(16-19-8-4-2-5-9-19)28-25(30)21-10-6-3-7-11-21/h2-15,23H,16-18H2,1H3,(H,27,29)(H,28,30)/t23-/m1/s1. The van der Waals surface area contributed by atoms with Crippen molar-refractivity contribution in [3.05, 3.63) is 102 Å². The highest BCUT2D eigenvalue weighted by Gasteiger charge is 2.24. The maximum Gasteiger partial charge on any atom is 0.329 e. The molecule has 2 amide bonds. The molecule has 0 bridgehead atoms. The molecular formula is C26H26N2O5. The number of carbonyl (C=O) groups is 3. The summed E-state index contributed by atoms with van der Waals surface area (Å²) in [4.78, 5) is 37.5. The number of amides is 2. The van der Waals surface area contributed by atoms with E-state index in [1.807, 2.05) is 42.5 Å². The quantitative estimate of drug-likeness (QED) is 0.467. The Morgan fingerprint density at radius 1 is 0.818 bits per heavy atom. The van der Waals surface area contributed by atoms with Crippen molar-refractivity contribution in [2.75, 3.05) is 13.7 Å². The van der Waals surface area contributed by atoms with Crippen LogP contribution < -0.4 is 15.4 Å². The lowest BCUT2D eigenvalue weighted by molar-refractivity contribution is -0.150. The van der Waals surface area contributed by atoms with Crippen LogP contribution in [0.3, 0.4) is 0 Å². The zero-order valence-corrected chi connectivity index (χ0v) is 18.3. The van der Waals surface area contributed by atoms with Gasteiger partial charge in [-0.15, -0.1) is 0 Å². The van der Waals surface area contributed by atoms with Gasteiger partial charge in [0.05, 0.1) is 7.11 Å². The number of carbonyl (C=O) groups excluding carboxylic acids is 3. The largest absolute Gasteiger partial charge is 0.497 e. The van der Waals surface area contributed by atoms with Crippen LogP contribution in [-0.4, -0.2) is 37.5 Å². The van der Waals surface area contributed by atoms with Crippen molar-refractivity contribution in [3.63, 3.8) is 0 Å². The molecule has 0 aliphatic carbocycles. The number of esters is 1. The summed E-state index contributed by atoms with van der Waals surface area (Å²) in [5, 5.41) is 5.42. The van der Waals surface area contributed by atoms with E-state index in [1.54, 1.807) is 49.6 Å². The number of rotatable bonds is 10. The van der Waals surface area contributed by atoms with Crippen molar-refractivity contribution >= 4 is 17.8 Å². The summed E-state index contributed by atoms with van der Waals surface area (Å²) in [5.41, 5.74) is 2.17. The van der Waals surface area contributed by atoms with Crippen molar-refractivity contribution in [1.29, 1.82) is 0 Å². The van der Waals surface area contributed by atoms with Gasteiger partial charge < -0.3 is 20.1 Å². The van der Waals surface area contributed by atoms with E-state index in [2.05, 4.69) is 10.6 Å². The van der Waals surface area contributed by atoms with Gasteiger partial charge >= 0.3 is 5.97 Å². The minimum Gasteiger partial charge on any atom is -0.497 e. The Hall–Kier alpha value is -4.13. The molecule has 3 aromatic carbocycles. The summed E-state index contributed by atoms with van der Waals surface area (Å²) in [7, 11) is 1.58. The number of hydrogen-bond donors (Lipinski definition) is 2. The van der Waals surface area contributed by atoms with Crippen molar-refractivity contribution in [1.82, 2.24) is 10.6 Å². The molecular weight excluding hydrogens is 420 g/mol. The van der Waals surface area contributed by atoms with Crippen LogP contribution >= 0.6 is 0 Å². The minimum absolute atomic E-state index is 0.242. The molecule has 0 fully saturated rings. The van der Waals surface area contributed by atoms with Crippen LogP contribution in [0.1, 0.15) is 21.5 Å². The first-order chi connectivity index (χ1) is 16.0. The van der Waals surface area contributed by atoms with Crippen LogP contribution in [0.4, 0.5) is 0 Å². The van der Waals surface area contributed by atoms with E-state index in [1.165, 1.54) is 0 Å². The third-order valence-corrected chi connectivity index (χ3v) is 4.90. The molecule has 0 radical (unpaired) electrons. The zero-order chi connectivity index (χ0) is 23.5. The maximum absolute atomic E-state index is 12.7. The van der Waals surface area contributed by atoms with Crippen molar-refractivity contribution < 1.29 is 23.9 Å². The van der Waals surface area contributed by atoms with Crippen LogP contribution in [-0.2, 0) is 27.3 Å². The lowest BCUT2D eigenvalue weighted by Crippen LogP contribution is -2.44. The third-order valence-electron chi connectivity index (χ3n) is 4.90. The molecule has 33 heavy (non-hydrogen) atoms. The lowest BCUT2D eigenvalue weighted by Gasteiger charge is -2.18. The predicted octanol–water partition coefficient (Wildman–Crippen LogP) is 2.90. The summed E-state index contributed by atoms with van der Waals surface area (Å²) >= 11 is 0. The number of benzene rings is 3. The molecule has 1 atom stereocenters. The van der Waals surface area contributed by atoms with Crippen molar-refractivity contribution in [3.8, 4) is 5.75 Å². The second-order valence-electron chi connectivity index (χ2n) is 7.31. The summed E-state index contributed by atoms with van der Waals surface area (Å²) < 4.78 is 10.3. The smallest absolute Gasteiger partial charge is 0.329 e. The Kier molecular flexibility index (Phi) is 8.59. The van der Waals surface area contributed by atoms with Crippen LogP contribution in [0.25, 0.3) is 0 Å². The molecule has 0 aliphatic heterocycles. The monoisotopic (exact) mass is 446 g/mol. The van der Waals surface area contributed by atoms with Gasteiger partial charge in [-0.25, -0.2) is 4.79 Å². The van der Waals surface area contributed by atoms with Gasteiger partial charge in [0.15, 0.2) is 6.61 Å². The number of hydrogen-bond acceptors (Lipinski definition) is 5. The molecule has 0 unspecified atom stereocenters. The van der Waals surface area contributed by atoms with Gasteiger partial charge in [-0.2, -0.15) is 0 Å². The van der Waals surface area contributed by atoms with E-state index in [0.29, 0.717) is 12.1 Å². The highest BCUT2D eigenvalue weighted by molar-refractivity contribution is 5.97. The van der Waals surface area contributed by atoms with Crippen LogP contribution in [0.15, 0.2) is 84.9 Å². The van der Waals surface area contributed by atoms with Crippen LogP contribution in [0.2, 0.25) is 0 Å². The fourth-order valence-electron chi connectivity index (χ4n) is 3.11. The van der Waals surface area contributed by atoms with Gasteiger partial charge in [0.25, 0.3) is 11.8 Å².